The summed E-state index contributed by atoms with van der Waals surface area (Å²) in [5.74, 6) is -0.466. The van der Waals surface area contributed by atoms with Crippen molar-refractivity contribution in [3.63, 3.8) is 0 Å². The quantitative estimate of drug-likeness (QED) is 0.695. The molecule has 0 spiro atoms. The summed E-state index contributed by atoms with van der Waals surface area (Å²) >= 11 is 6.04. The third kappa shape index (κ3) is 4.38. The monoisotopic (exact) mass is 391 g/mol. The van der Waals surface area contributed by atoms with E-state index in [-0.39, 0.29) is 16.4 Å². The Kier molecular flexibility index (Phi) is 4.92. The highest BCUT2D eigenvalue weighted by molar-refractivity contribution is 7.92. The van der Waals surface area contributed by atoms with Crippen molar-refractivity contribution in [2.75, 3.05) is 16.3 Å². The second kappa shape index (κ2) is 7.14. The molecule has 0 aliphatic rings. The molecule has 8 nitrogen and oxygen atoms in total. The van der Waals surface area contributed by atoms with Gasteiger partial charge in [0, 0.05) is 5.69 Å². The highest BCUT2D eigenvalue weighted by Gasteiger charge is 2.13. The average Bonchev–Trinajstić information content (AvgIpc) is 3.07. The van der Waals surface area contributed by atoms with Crippen molar-refractivity contribution in [2.45, 2.75) is 0 Å². The topological polar surface area (TPSA) is 106 Å². The van der Waals surface area contributed by atoms with Crippen LogP contribution in [0, 0.1) is 0 Å². The summed E-state index contributed by atoms with van der Waals surface area (Å²) in [6.45, 7) is 0. The van der Waals surface area contributed by atoms with Gasteiger partial charge in [0.25, 0.3) is 5.91 Å². The fraction of sp³-hybridized carbons (Fsp3) is 0.0625. The first-order valence-electron chi connectivity index (χ1n) is 7.38. The van der Waals surface area contributed by atoms with Crippen LogP contribution in [0.4, 0.5) is 11.4 Å². The number of nitrogens with zero attached hydrogens (tertiary/aromatic N) is 3. The molecule has 3 aromatic rings. The van der Waals surface area contributed by atoms with Crippen molar-refractivity contribution in [2.24, 2.45) is 0 Å². The molecular formula is C16H14ClN5O3S. The van der Waals surface area contributed by atoms with Crippen LogP contribution in [0.25, 0.3) is 5.69 Å². The molecule has 2 aromatic carbocycles. The summed E-state index contributed by atoms with van der Waals surface area (Å²) in [6.07, 6.45) is 2.53. The summed E-state index contributed by atoms with van der Waals surface area (Å²) in [5.41, 5.74) is 1.53. The molecule has 0 radical (unpaired) electrons. The molecule has 1 amide bonds. The highest BCUT2D eigenvalue weighted by atomic mass is 35.5. The van der Waals surface area contributed by atoms with E-state index in [1.54, 1.807) is 0 Å². The van der Waals surface area contributed by atoms with E-state index in [9.17, 15) is 13.2 Å². The number of carbonyl (C=O) groups is 1. The van der Waals surface area contributed by atoms with Crippen LogP contribution in [0.3, 0.4) is 0 Å². The standard InChI is InChI=1S/C16H14ClN5O3S/c1-26(24,25)20-14-8-7-11(9-13(14)17)18-16(23)15-10-22(21-19-15)12-5-3-2-4-6-12/h2-10,20H,1H3,(H,18,23). The largest absolute Gasteiger partial charge is 0.320 e. The third-order valence-electron chi connectivity index (χ3n) is 3.27. The Morgan fingerprint density at radius 2 is 1.88 bits per heavy atom. The summed E-state index contributed by atoms with van der Waals surface area (Å²) in [6, 6.07) is 13.7. The maximum absolute atomic E-state index is 12.3. The molecule has 0 unspecified atom stereocenters. The molecule has 2 N–H and O–H groups in total. The van der Waals surface area contributed by atoms with Gasteiger partial charge in [-0.2, -0.15) is 0 Å². The number of sulfonamides is 1. The average molecular weight is 392 g/mol. The summed E-state index contributed by atoms with van der Waals surface area (Å²) in [5, 5.41) is 10.6. The number of anilines is 2. The van der Waals surface area contributed by atoms with Gasteiger partial charge in [0.1, 0.15) is 0 Å². The van der Waals surface area contributed by atoms with Crippen LogP contribution < -0.4 is 10.0 Å². The molecule has 0 aliphatic heterocycles. The lowest BCUT2D eigenvalue weighted by Gasteiger charge is -2.09. The van der Waals surface area contributed by atoms with Crippen molar-refractivity contribution in [3.05, 3.63) is 65.4 Å². The molecule has 0 saturated heterocycles. The summed E-state index contributed by atoms with van der Waals surface area (Å²) in [4.78, 5) is 12.3. The van der Waals surface area contributed by atoms with Crippen LogP contribution in [0.1, 0.15) is 10.5 Å². The van der Waals surface area contributed by atoms with Crippen molar-refractivity contribution >= 4 is 38.9 Å². The minimum absolute atomic E-state index is 0.128. The van der Waals surface area contributed by atoms with Crippen molar-refractivity contribution < 1.29 is 13.2 Å². The highest BCUT2D eigenvalue weighted by Crippen LogP contribution is 2.26. The summed E-state index contributed by atoms with van der Waals surface area (Å²) in [7, 11) is -3.44. The number of halogens is 1. The fourth-order valence-corrected chi connectivity index (χ4v) is 3.01. The van der Waals surface area contributed by atoms with Gasteiger partial charge in [-0.3, -0.25) is 9.52 Å². The van der Waals surface area contributed by atoms with Gasteiger partial charge < -0.3 is 5.32 Å². The molecule has 0 bridgehead atoms. The Morgan fingerprint density at radius 1 is 1.15 bits per heavy atom. The van der Waals surface area contributed by atoms with Crippen molar-refractivity contribution in [1.29, 1.82) is 0 Å². The Labute approximate surface area is 154 Å². The molecule has 3 rings (SSSR count). The third-order valence-corrected chi connectivity index (χ3v) is 4.17. The number of hydrogen-bond donors (Lipinski definition) is 2. The lowest BCUT2D eigenvalue weighted by molar-refractivity contribution is 0.102. The zero-order chi connectivity index (χ0) is 18.7. The molecule has 0 atom stereocenters. The maximum Gasteiger partial charge on any atom is 0.277 e. The second-order valence-corrected chi connectivity index (χ2v) is 7.56. The molecule has 134 valence electrons. The van der Waals surface area contributed by atoms with Crippen molar-refractivity contribution in [3.8, 4) is 5.69 Å². The lowest BCUT2D eigenvalue weighted by atomic mass is 10.2. The first kappa shape index (κ1) is 17.9. The van der Waals surface area contributed by atoms with Gasteiger partial charge in [0.05, 0.1) is 28.9 Å². The Balaban J connectivity index is 1.74. The number of para-hydroxylation sites is 1. The van der Waals surface area contributed by atoms with E-state index in [1.165, 1.54) is 29.1 Å². The molecule has 0 saturated carbocycles. The zero-order valence-electron chi connectivity index (χ0n) is 13.5. The molecule has 10 heteroatoms. The van der Waals surface area contributed by atoms with Gasteiger partial charge in [0.15, 0.2) is 5.69 Å². The lowest BCUT2D eigenvalue weighted by Crippen LogP contribution is -2.13. The van der Waals surface area contributed by atoms with E-state index in [0.717, 1.165) is 11.9 Å². The number of benzene rings is 2. The fourth-order valence-electron chi connectivity index (χ4n) is 2.15. The molecule has 0 fully saturated rings. The van der Waals surface area contributed by atoms with Crippen molar-refractivity contribution in [1.82, 2.24) is 15.0 Å². The van der Waals surface area contributed by atoms with Crippen LogP contribution in [-0.2, 0) is 10.0 Å². The minimum Gasteiger partial charge on any atom is -0.320 e. The minimum atomic E-state index is -3.44. The molecule has 1 heterocycles. The number of carbonyl (C=O) groups excluding carboxylic acids is 1. The summed E-state index contributed by atoms with van der Waals surface area (Å²) < 4.78 is 26.3. The van der Waals surface area contributed by atoms with Gasteiger partial charge in [0.2, 0.25) is 10.0 Å². The van der Waals surface area contributed by atoms with E-state index in [2.05, 4.69) is 20.4 Å². The number of amides is 1. The number of nitrogens with one attached hydrogen (secondary N) is 2. The molecule has 1 aromatic heterocycles. The Morgan fingerprint density at radius 3 is 2.54 bits per heavy atom. The smallest absolute Gasteiger partial charge is 0.277 e. The number of rotatable bonds is 5. The van der Waals surface area contributed by atoms with Gasteiger partial charge in [-0.1, -0.05) is 35.0 Å². The van der Waals surface area contributed by atoms with E-state index in [0.29, 0.717) is 5.69 Å². The van der Waals surface area contributed by atoms with Crippen LogP contribution in [0.2, 0.25) is 5.02 Å². The first-order chi connectivity index (χ1) is 12.3. The van der Waals surface area contributed by atoms with E-state index < -0.39 is 15.9 Å². The maximum atomic E-state index is 12.3. The van der Waals surface area contributed by atoms with Crippen LogP contribution in [0.5, 0.6) is 0 Å². The SMILES string of the molecule is CS(=O)(=O)Nc1ccc(NC(=O)c2cn(-c3ccccc3)nn2)cc1Cl. The zero-order valence-corrected chi connectivity index (χ0v) is 15.1. The Bertz CT molecular complexity index is 1050. The van der Waals surface area contributed by atoms with E-state index in [1.807, 2.05) is 30.3 Å². The first-order valence-corrected chi connectivity index (χ1v) is 9.65. The van der Waals surface area contributed by atoms with Crippen LogP contribution in [0.15, 0.2) is 54.7 Å². The van der Waals surface area contributed by atoms with Gasteiger partial charge in [-0.25, -0.2) is 13.1 Å². The molecule has 0 aliphatic carbocycles. The van der Waals surface area contributed by atoms with Crippen LogP contribution in [-0.4, -0.2) is 35.6 Å². The van der Waals surface area contributed by atoms with E-state index >= 15 is 0 Å². The Hall–Kier alpha value is -2.91. The normalized spacial score (nSPS) is 11.2. The van der Waals surface area contributed by atoms with Gasteiger partial charge >= 0.3 is 0 Å². The van der Waals surface area contributed by atoms with E-state index in [4.69, 9.17) is 11.6 Å². The van der Waals surface area contributed by atoms with Crippen LogP contribution >= 0.6 is 11.6 Å². The number of hydrogen-bond acceptors (Lipinski definition) is 5. The second-order valence-electron chi connectivity index (χ2n) is 5.41. The van der Waals surface area contributed by atoms with Gasteiger partial charge in [-0.15, -0.1) is 5.10 Å². The predicted octanol–water partition coefficient (Wildman–Crippen LogP) is 2.54. The van der Waals surface area contributed by atoms with Gasteiger partial charge in [-0.05, 0) is 30.3 Å². The molecular weight excluding hydrogens is 378 g/mol. The predicted molar refractivity (Wildman–Crippen MR) is 99.2 cm³/mol. The number of aromatic nitrogens is 3. The molecule has 26 heavy (non-hydrogen) atoms.